The molecule has 3 aliphatic heterocycles. The van der Waals surface area contributed by atoms with E-state index in [-0.39, 0.29) is 67.3 Å². The molecule has 12 unspecified atom stereocenters. The third-order valence-corrected chi connectivity index (χ3v) is 11.1. The largest absolute Gasteiger partial charge is 0.457 e. The maximum atomic E-state index is 13.8. The Morgan fingerprint density at radius 3 is 2.59 bits per heavy atom. The van der Waals surface area contributed by atoms with Crippen LogP contribution in [0.2, 0.25) is 0 Å². The number of hydrogen-bond donors (Lipinski definition) is 2. The summed E-state index contributed by atoms with van der Waals surface area (Å²) in [5.41, 5.74) is 0.246. The van der Waals surface area contributed by atoms with Gasteiger partial charge in [-0.25, -0.2) is 4.79 Å². The van der Waals surface area contributed by atoms with E-state index < -0.39 is 42.0 Å². The first-order chi connectivity index (χ1) is 25.6. The number of carbonyl (C=O) groups excluding carboxylic acids is 3. The van der Waals surface area contributed by atoms with Gasteiger partial charge in [0, 0.05) is 62.7 Å². The number of rotatable bonds is 12. The van der Waals surface area contributed by atoms with Gasteiger partial charge in [-0.05, 0) is 69.7 Å². The summed E-state index contributed by atoms with van der Waals surface area (Å²) in [6.45, 7) is 13.8. The van der Waals surface area contributed by atoms with Gasteiger partial charge in [0.1, 0.15) is 30.0 Å². The van der Waals surface area contributed by atoms with Crippen molar-refractivity contribution in [1.82, 2.24) is 9.88 Å². The molecule has 12 nitrogen and oxygen atoms in total. The zero-order valence-electron chi connectivity index (χ0n) is 33.3. The number of piperidine rings is 1. The zero-order chi connectivity index (χ0) is 39.6. The molecule has 300 valence electrons. The van der Waals surface area contributed by atoms with Crippen molar-refractivity contribution >= 4 is 18.0 Å². The minimum absolute atomic E-state index is 0.00948. The lowest BCUT2D eigenvalue weighted by Crippen LogP contribution is -2.43. The Kier molecular flexibility index (Phi) is 15.9. The van der Waals surface area contributed by atoms with E-state index in [4.69, 9.17) is 23.7 Å². The molecule has 2 N–H and O–H groups in total. The highest BCUT2D eigenvalue weighted by Gasteiger charge is 2.53. The number of cyclic esters (lactones) is 1. The fourth-order valence-corrected chi connectivity index (χ4v) is 7.67. The molecular weight excluding hydrogens is 692 g/mol. The summed E-state index contributed by atoms with van der Waals surface area (Å²) >= 11 is 0. The van der Waals surface area contributed by atoms with Gasteiger partial charge in [-0.15, -0.1) is 0 Å². The average Bonchev–Trinajstić information content (AvgIpc) is 3.94. The number of ether oxygens (including phenoxy) is 5. The van der Waals surface area contributed by atoms with E-state index in [1.54, 1.807) is 37.3 Å². The number of likely N-dealkylation sites (tertiary alicyclic amines) is 1. The van der Waals surface area contributed by atoms with Gasteiger partial charge in [-0.1, -0.05) is 58.1 Å². The highest BCUT2D eigenvalue weighted by Crippen LogP contribution is 2.39. The average molecular weight is 755 g/mol. The highest BCUT2D eigenvalue weighted by molar-refractivity contribution is 5.70. The van der Waals surface area contributed by atoms with Crippen LogP contribution in [-0.2, 0) is 33.3 Å². The van der Waals surface area contributed by atoms with E-state index in [0.29, 0.717) is 13.1 Å². The van der Waals surface area contributed by atoms with Gasteiger partial charge in [0.15, 0.2) is 0 Å². The van der Waals surface area contributed by atoms with Crippen LogP contribution in [0.25, 0.3) is 0 Å². The number of methoxy groups -OCH3 is 1. The van der Waals surface area contributed by atoms with Crippen LogP contribution in [0.3, 0.4) is 0 Å². The first-order valence-corrected chi connectivity index (χ1v) is 19.5. The predicted octanol–water partition coefficient (Wildman–Crippen LogP) is 6.06. The molecule has 1 aromatic rings. The Morgan fingerprint density at radius 1 is 1.17 bits per heavy atom. The monoisotopic (exact) mass is 754 g/mol. The van der Waals surface area contributed by atoms with E-state index in [0.717, 1.165) is 30.5 Å². The molecule has 1 amide bonds. The zero-order valence-corrected chi connectivity index (χ0v) is 33.3. The van der Waals surface area contributed by atoms with Crippen molar-refractivity contribution in [3.05, 3.63) is 66.0 Å². The van der Waals surface area contributed by atoms with Gasteiger partial charge in [0.2, 0.25) is 0 Å². The van der Waals surface area contributed by atoms with Crippen LogP contribution in [0, 0.1) is 17.8 Å². The molecule has 0 spiro atoms. The lowest BCUT2D eigenvalue weighted by molar-refractivity contribution is -0.157. The molecule has 4 heterocycles. The topological polar surface area (TPSA) is 157 Å². The van der Waals surface area contributed by atoms with Crippen molar-refractivity contribution in [1.29, 1.82) is 0 Å². The van der Waals surface area contributed by atoms with E-state index in [1.165, 1.54) is 6.92 Å². The van der Waals surface area contributed by atoms with Gasteiger partial charge in [-0.3, -0.25) is 14.6 Å². The summed E-state index contributed by atoms with van der Waals surface area (Å²) in [6.07, 6.45) is 9.42. The van der Waals surface area contributed by atoms with Gasteiger partial charge >= 0.3 is 18.0 Å². The minimum atomic E-state index is -1.46. The van der Waals surface area contributed by atoms with Crippen LogP contribution in [0.1, 0.15) is 98.6 Å². The first kappa shape index (κ1) is 43.2. The number of amides is 1. The number of epoxide rings is 1. The standard InChI is InChI=1S/C42H62N2O10/c1-9-34(50-8)29(5)39-40(53-39)38(54-41(48)44-23-13-16-31(25-44)33-17-10-11-22-43-33)27(3)15-12-14-26(2)37-28(4)18-19-35(51-30(6)45)42(7,49)21-20-32(46)24-36(47)52-37/h10-12,14-15,17-19,22,27-29,31-32,34-35,37-40,46,49H,9,13,16,20-21,23-25H2,1-8H3/b15-12+,19-18+,26-14+. The molecule has 2 saturated heterocycles. The number of nitrogens with zero attached hydrogens (tertiary/aromatic N) is 2. The Hall–Kier alpha value is -3.58. The summed E-state index contributed by atoms with van der Waals surface area (Å²) < 4.78 is 29.6. The predicted molar refractivity (Wildman–Crippen MR) is 203 cm³/mol. The molecule has 2 fully saturated rings. The smallest absolute Gasteiger partial charge is 0.410 e. The van der Waals surface area contributed by atoms with Gasteiger partial charge in [0.25, 0.3) is 0 Å². The molecule has 54 heavy (non-hydrogen) atoms. The number of esters is 2. The Labute approximate surface area is 320 Å². The van der Waals surface area contributed by atoms with Crippen LogP contribution < -0.4 is 0 Å². The second kappa shape index (κ2) is 19.8. The number of carbonyl (C=O) groups is 3. The summed E-state index contributed by atoms with van der Waals surface area (Å²) in [7, 11) is 1.70. The maximum Gasteiger partial charge on any atom is 0.410 e. The second-order valence-electron chi connectivity index (χ2n) is 15.6. The van der Waals surface area contributed by atoms with E-state index in [9.17, 15) is 24.6 Å². The van der Waals surface area contributed by atoms with Gasteiger partial charge in [-0.2, -0.15) is 0 Å². The van der Waals surface area contributed by atoms with Gasteiger partial charge in [0.05, 0.1) is 24.7 Å². The number of aromatic nitrogens is 1. The molecule has 0 aromatic carbocycles. The van der Waals surface area contributed by atoms with E-state index in [1.807, 2.05) is 57.2 Å². The number of pyridine rings is 1. The molecule has 0 radical (unpaired) electrons. The van der Waals surface area contributed by atoms with Crippen LogP contribution in [-0.4, -0.2) is 107 Å². The van der Waals surface area contributed by atoms with Crippen LogP contribution >= 0.6 is 0 Å². The maximum absolute atomic E-state index is 13.8. The quantitative estimate of drug-likeness (QED) is 0.0840. The molecule has 0 saturated carbocycles. The SMILES string of the molecule is CCC(OC)C(C)C1OC1C(OC(=O)N1CCCC(c2ccccn2)C1)C(C)/C=C/C=C(\C)C1OC(=O)CC(O)CCC(C)(O)C(OC(C)=O)/C=C/C1C. The van der Waals surface area contributed by atoms with Crippen molar-refractivity contribution in [3.63, 3.8) is 0 Å². The van der Waals surface area contributed by atoms with Crippen LogP contribution in [0.5, 0.6) is 0 Å². The van der Waals surface area contributed by atoms with Crippen molar-refractivity contribution in [2.75, 3.05) is 20.2 Å². The number of hydrogen-bond acceptors (Lipinski definition) is 11. The molecule has 3 aliphatic rings. The Bertz CT molecular complexity index is 1470. The Morgan fingerprint density at radius 2 is 1.93 bits per heavy atom. The summed E-state index contributed by atoms with van der Waals surface area (Å²) in [6, 6.07) is 5.86. The molecule has 12 atom stereocenters. The molecule has 4 rings (SSSR count). The number of aliphatic hydroxyl groups is 2. The van der Waals surface area contributed by atoms with Crippen LogP contribution in [0.4, 0.5) is 4.79 Å². The summed E-state index contributed by atoms with van der Waals surface area (Å²) in [5, 5.41) is 21.7. The first-order valence-electron chi connectivity index (χ1n) is 19.5. The molecule has 1 aromatic heterocycles. The van der Waals surface area contributed by atoms with E-state index in [2.05, 4.69) is 18.8 Å². The fourth-order valence-electron chi connectivity index (χ4n) is 7.67. The number of aliphatic hydroxyl groups excluding tert-OH is 1. The van der Waals surface area contributed by atoms with Crippen molar-refractivity contribution in [2.45, 2.75) is 141 Å². The highest BCUT2D eigenvalue weighted by atomic mass is 16.6. The second-order valence-corrected chi connectivity index (χ2v) is 15.6. The van der Waals surface area contributed by atoms with E-state index >= 15 is 0 Å². The fraction of sp³-hybridized carbons (Fsp3) is 0.667. The van der Waals surface area contributed by atoms with Gasteiger partial charge < -0.3 is 38.8 Å². The van der Waals surface area contributed by atoms with Crippen molar-refractivity contribution in [2.24, 2.45) is 17.8 Å². The Balaban J connectivity index is 1.54. The summed E-state index contributed by atoms with van der Waals surface area (Å²) in [4.78, 5) is 44.9. The minimum Gasteiger partial charge on any atom is -0.457 e. The molecule has 0 bridgehead atoms. The van der Waals surface area contributed by atoms with Crippen molar-refractivity contribution in [3.8, 4) is 0 Å². The van der Waals surface area contributed by atoms with Crippen molar-refractivity contribution < 1.29 is 48.3 Å². The lowest BCUT2D eigenvalue weighted by atomic mass is 9.88. The number of allylic oxidation sites excluding steroid dienone is 2. The lowest BCUT2D eigenvalue weighted by Gasteiger charge is -2.33. The molecule has 0 aliphatic carbocycles. The normalized spacial score (nSPS) is 32.6. The summed E-state index contributed by atoms with van der Waals surface area (Å²) in [5.74, 6) is -1.47. The third-order valence-electron chi connectivity index (χ3n) is 11.1. The molecular formula is C42H62N2O10. The molecule has 12 heteroatoms. The van der Waals surface area contributed by atoms with Crippen LogP contribution in [0.15, 0.2) is 60.3 Å². The third kappa shape index (κ3) is 12.0.